The van der Waals surface area contributed by atoms with Crippen LogP contribution in [0.1, 0.15) is 49.8 Å². The predicted octanol–water partition coefficient (Wildman–Crippen LogP) is 8.02. The minimum absolute atomic E-state index is 0.0978. The highest BCUT2D eigenvalue weighted by molar-refractivity contribution is 6.33. The van der Waals surface area contributed by atoms with E-state index in [2.05, 4.69) is 38.1 Å². The molecule has 29 heavy (non-hydrogen) atoms. The van der Waals surface area contributed by atoms with E-state index < -0.39 is 5.82 Å². The van der Waals surface area contributed by atoms with Crippen LogP contribution in [0.4, 0.5) is 4.39 Å². The minimum atomic E-state index is -0.513. The normalized spacial score (nSPS) is 10.9. The molecule has 0 aliphatic carbocycles. The number of halogens is 2. The number of hydrogen-bond donors (Lipinski definition) is 0. The Kier molecular flexibility index (Phi) is 7.71. The van der Waals surface area contributed by atoms with Crippen molar-refractivity contribution >= 4 is 11.6 Å². The van der Waals surface area contributed by atoms with E-state index in [1.807, 2.05) is 30.3 Å². The molecular formula is C26H28ClFO. The maximum Gasteiger partial charge on any atom is 0.184 e. The van der Waals surface area contributed by atoms with E-state index in [9.17, 15) is 4.39 Å². The lowest BCUT2D eigenvalue weighted by Gasteiger charge is -2.12. The van der Waals surface area contributed by atoms with Gasteiger partial charge in [0.05, 0.1) is 5.02 Å². The molecule has 0 saturated heterocycles. The number of ether oxygens (including phenoxy) is 1. The Balaban J connectivity index is 1.69. The van der Waals surface area contributed by atoms with Crippen LogP contribution in [0.25, 0.3) is 11.1 Å². The summed E-state index contributed by atoms with van der Waals surface area (Å²) in [6.07, 6.45) is 5.59. The summed E-state index contributed by atoms with van der Waals surface area (Å²) in [7, 11) is 0. The van der Waals surface area contributed by atoms with Gasteiger partial charge in [0.15, 0.2) is 11.6 Å². The molecule has 0 N–H and O–H groups in total. The molecule has 152 valence electrons. The molecule has 0 aromatic heterocycles. The van der Waals surface area contributed by atoms with Crippen molar-refractivity contribution in [1.82, 2.24) is 0 Å². The molecule has 3 aromatic carbocycles. The number of aryl methyl sites for hydroxylation is 2. The van der Waals surface area contributed by atoms with Crippen LogP contribution in [0.5, 0.6) is 5.75 Å². The molecule has 3 rings (SSSR count). The molecule has 0 spiro atoms. The van der Waals surface area contributed by atoms with E-state index in [0.29, 0.717) is 12.2 Å². The second kappa shape index (κ2) is 10.5. The van der Waals surface area contributed by atoms with Gasteiger partial charge in [0.1, 0.15) is 6.61 Å². The predicted molar refractivity (Wildman–Crippen MR) is 120 cm³/mol. The van der Waals surface area contributed by atoms with E-state index in [-0.39, 0.29) is 10.8 Å². The molecule has 0 aliphatic heterocycles. The van der Waals surface area contributed by atoms with Gasteiger partial charge < -0.3 is 4.74 Å². The summed E-state index contributed by atoms with van der Waals surface area (Å²) in [6, 6.07) is 19.9. The average molecular weight is 411 g/mol. The first-order chi connectivity index (χ1) is 14.1. The summed E-state index contributed by atoms with van der Waals surface area (Å²) in [4.78, 5) is 0. The van der Waals surface area contributed by atoms with Crippen molar-refractivity contribution < 1.29 is 9.13 Å². The molecule has 0 saturated carbocycles. The highest BCUT2D eigenvalue weighted by Crippen LogP contribution is 2.35. The van der Waals surface area contributed by atoms with E-state index >= 15 is 0 Å². The van der Waals surface area contributed by atoms with Gasteiger partial charge in [-0.05, 0) is 53.6 Å². The van der Waals surface area contributed by atoms with Crippen LogP contribution in [0.2, 0.25) is 5.02 Å². The standard InChI is InChI=1S/C26H28ClFO/c1-3-5-7-20-8-10-21(11-9-20)18-29-24-17-16-23(25(27)26(24)28)22-14-12-19(6-4-2)13-15-22/h8-17H,3-7,18H2,1-2H3. The Morgan fingerprint density at radius 3 is 2.03 bits per heavy atom. The zero-order valence-electron chi connectivity index (χ0n) is 17.2. The molecule has 0 bridgehead atoms. The molecule has 0 aliphatic rings. The van der Waals surface area contributed by atoms with E-state index in [0.717, 1.165) is 30.4 Å². The Bertz CT molecular complexity index is 917. The van der Waals surface area contributed by atoms with Crippen molar-refractivity contribution in [3.8, 4) is 16.9 Å². The zero-order valence-corrected chi connectivity index (χ0v) is 17.9. The van der Waals surface area contributed by atoms with Crippen LogP contribution >= 0.6 is 11.6 Å². The SMILES string of the molecule is CCCCc1ccc(COc2ccc(-c3ccc(CCC)cc3)c(Cl)c2F)cc1. The van der Waals surface area contributed by atoms with Crippen molar-refractivity contribution in [2.45, 2.75) is 52.6 Å². The number of hydrogen-bond acceptors (Lipinski definition) is 1. The van der Waals surface area contributed by atoms with E-state index in [4.69, 9.17) is 16.3 Å². The molecule has 0 heterocycles. The largest absolute Gasteiger partial charge is 0.486 e. The van der Waals surface area contributed by atoms with Gasteiger partial charge in [-0.25, -0.2) is 4.39 Å². The second-order valence-corrected chi connectivity index (χ2v) is 7.77. The van der Waals surface area contributed by atoms with Gasteiger partial charge in [0, 0.05) is 5.56 Å². The third kappa shape index (κ3) is 5.61. The summed E-state index contributed by atoms with van der Waals surface area (Å²) in [5.74, 6) is -0.335. The average Bonchev–Trinajstić information content (AvgIpc) is 2.75. The summed E-state index contributed by atoms with van der Waals surface area (Å²) < 4.78 is 20.5. The van der Waals surface area contributed by atoms with Gasteiger partial charge in [-0.15, -0.1) is 0 Å². The van der Waals surface area contributed by atoms with E-state index in [1.54, 1.807) is 6.07 Å². The highest BCUT2D eigenvalue weighted by Gasteiger charge is 2.14. The highest BCUT2D eigenvalue weighted by atomic mass is 35.5. The molecule has 1 nitrogen and oxygen atoms in total. The fourth-order valence-corrected chi connectivity index (χ4v) is 3.62. The Morgan fingerprint density at radius 1 is 0.759 bits per heavy atom. The maximum absolute atomic E-state index is 14.8. The van der Waals surface area contributed by atoms with Gasteiger partial charge >= 0.3 is 0 Å². The lowest BCUT2D eigenvalue weighted by Crippen LogP contribution is -1.99. The molecule has 0 atom stereocenters. The summed E-state index contributed by atoms with van der Waals surface area (Å²) in [5, 5.41) is 0.0978. The summed E-state index contributed by atoms with van der Waals surface area (Å²) in [6.45, 7) is 4.65. The van der Waals surface area contributed by atoms with Crippen molar-refractivity contribution in [2.24, 2.45) is 0 Å². The monoisotopic (exact) mass is 410 g/mol. The van der Waals surface area contributed by atoms with Crippen LogP contribution in [-0.4, -0.2) is 0 Å². The first-order valence-electron chi connectivity index (χ1n) is 10.4. The van der Waals surface area contributed by atoms with Gasteiger partial charge in [0.2, 0.25) is 0 Å². The molecule has 0 fully saturated rings. The fourth-order valence-electron chi connectivity index (χ4n) is 3.35. The third-order valence-electron chi connectivity index (χ3n) is 5.09. The quantitative estimate of drug-likeness (QED) is 0.347. The molecule has 3 heteroatoms. The molecule has 3 aromatic rings. The lowest BCUT2D eigenvalue weighted by atomic mass is 10.0. The van der Waals surface area contributed by atoms with Crippen LogP contribution in [0, 0.1) is 5.82 Å². The fraction of sp³-hybridized carbons (Fsp3) is 0.308. The molecule has 0 radical (unpaired) electrons. The minimum Gasteiger partial charge on any atom is -0.486 e. The van der Waals surface area contributed by atoms with Crippen LogP contribution < -0.4 is 4.74 Å². The van der Waals surface area contributed by atoms with Crippen LogP contribution in [0.3, 0.4) is 0 Å². The van der Waals surface area contributed by atoms with Gasteiger partial charge in [-0.1, -0.05) is 86.8 Å². The smallest absolute Gasteiger partial charge is 0.184 e. The number of unbranched alkanes of at least 4 members (excludes halogenated alkanes) is 1. The van der Waals surface area contributed by atoms with Crippen molar-refractivity contribution in [1.29, 1.82) is 0 Å². The van der Waals surface area contributed by atoms with Gasteiger partial charge in [-0.3, -0.25) is 0 Å². The second-order valence-electron chi connectivity index (χ2n) is 7.39. The van der Waals surface area contributed by atoms with Crippen molar-refractivity contribution in [3.63, 3.8) is 0 Å². The Labute approximate surface area is 178 Å². The van der Waals surface area contributed by atoms with Crippen LogP contribution in [0.15, 0.2) is 60.7 Å². The number of benzene rings is 3. The first kappa shape index (κ1) is 21.4. The first-order valence-corrected chi connectivity index (χ1v) is 10.8. The van der Waals surface area contributed by atoms with Gasteiger partial charge in [-0.2, -0.15) is 0 Å². The van der Waals surface area contributed by atoms with E-state index in [1.165, 1.54) is 24.0 Å². The molecule has 0 unspecified atom stereocenters. The topological polar surface area (TPSA) is 9.23 Å². The molecule has 0 amide bonds. The van der Waals surface area contributed by atoms with Crippen molar-refractivity contribution in [3.05, 3.63) is 88.2 Å². The summed E-state index contributed by atoms with van der Waals surface area (Å²) in [5.41, 5.74) is 5.19. The summed E-state index contributed by atoms with van der Waals surface area (Å²) >= 11 is 6.33. The van der Waals surface area contributed by atoms with Gasteiger partial charge in [0.25, 0.3) is 0 Å². The van der Waals surface area contributed by atoms with Crippen LogP contribution in [-0.2, 0) is 19.4 Å². The Morgan fingerprint density at radius 2 is 1.38 bits per heavy atom. The Hall–Kier alpha value is -2.32. The molecular weight excluding hydrogens is 383 g/mol. The third-order valence-corrected chi connectivity index (χ3v) is 5.46. The van der Waals surface area contributed by atoms with Crippen molar-refractivity contribution in [2.75, 3.05) is 0 Å². The maximum atomic E-state index is 14.8. The number of rotatable bonds is 9. The lowest BCUT2D eigenvalue weighted by molar-refractivity contribution is 0.290. The zero-order chi connectivity index (χ0) is 20.6.